The predicted octanol–water partition coefficient (Wildman–Crippen LogP) is 2.00. The molecule has 3 nitrogen and oxygen atoms in total. The zero-order valence-electron chi connectivity index (χ0n) is 8.91. The molecule has 1 aromatic carbocycles. The third-order valence-electron chi connectivity index (χ3n) is 2.35. The Bertz CT molecular complexity index is 299. The van der Waals surface area contributed by atoms with Crippen LogP contribution in [0, 0.1) is 6.92 Å². The van der Waals surface area contributed by atoms with Crippen LogP contribution in [0.3, 0.4) is 0 Å². The monoisotopic (exact) mass is 195 g/mol. The fourth-order valence-corrected chi connectivity index (χ4v) is 1.38. The van der Waals surface area contributed by atoms with E-state index >= 15 is 0 Å². The molecule has 2 N–H and O–H groups in total. The summed E-state index contributed by atoms with van der Waals surface area (Å²) in [4.78, 5) is 4.62. The minimum Gasteiger partial charge on any atom is -0.496 e. The Kier molecular flexibility index (Phi) is 3.92. The summed E-state index contributed by atoms with van der Waals surface area (Å²) in [5, 5.41) is 0. The van der Waals surface area contributed by atoms with Gasteiger partial charge in [-0.25, -0.2) is 5.90 Å². The lowest BCUT2D eigenvalue weighted by Gasteiger charge is -2.12. The van der Waals surface area contributed by atoms with E-state index in [1.165, 1.54) is 5.56 Å². The smallest absolute Gasteiger partial charge is 0.122 e. The number of nitrogens with two attached hydrogens (primary N) is 1. The molecule has 14 heavy (non-hydrogen) atoms. The Labute approximate surface area is 84.8 Å². The van der Waals surface area contributed by atoms with Crippen molar-refractivity contribution >= 4 is 0 Å². The maximum absolute atomic E-state index is 5.24. The van der Waals surface area contributed by atoms with Gasteiger partial charge in [-0.3, -0.25) is 0 Å². The summed E-state index contributed by atoms with van der Waals surface area (Å²) >= 11 is 0. The van der Waals surface area contributed by atoms with E-state index in [-0.39, 0.29) is 5.92 Å². The fraction of sp³-hybridized carbons (Fsp3) is 0.455. The van der Waals surface area contributed by atoms with Gasteiger partial charge in [-0.1, -0.05) is 19.1 Å². The number of rotatable bonds is 4. The second-order valence-corrected chi connectivity index (χ2v) is 3.46. The molecular formula is C11H17NO2. The molecule has 0 heterocycles. The van der Waals surface area contributed by atoms with E-state index in [1.807, 2.05) is 19.1 Å². The summed E-state index contributed by atoms with van der Waals surface area (Å²) in [5.74, 6) is 6.23. The van der Waals surface area contributed by atoms with Crippen molar-refractivity contribution < 1.29 is 9.57 Å². The van der Waals surface area contributed by atoms with Crippen molar-refractivity contribution in [2.45, 2.75) is 19.8 Å². The zero-order chi connectivity index (χ0) is 10.6. The molecular weight excluding hydrogens is 178 g/mol. The maximum Gasteiger partial charge on any atom is 0.122 e. The molecule has 0 aliphatic rings. The van der Waals surface area contributed by atoms with Crippen molar-refractivity contribution in [2.24, 2.45) is 5.90 Å². The summed E-state index contributed by atoms with van der Waals surface area (Å²) in [6.45, 7) is 4.61. The first-order valence-corrected chi connectivity index (χ1v) is 4.65. The first-order chi connectivity index (χ1) is 6.69. The molecule has 0 bridgehead atoms. The van der Waals surface area contributed by atoms with E-state index in [1.54, 1.807) is 7.11 Å². The van der Waals surface area contributed by atoms with E-state index in [0.717, 1.165) is 11.3 Å². The molecule has 3 heteroatoms. The summed E-state index contributed by atoms with van der Waals surface area (Å²) in [5.41, 5.74) is 2.31. The van der Waals surface area contributed by atoms with Crippen molar-refractivity contribution in [3.05, 3.63) is 29.3 Å². The average Bonchev–Trinajstić information content (AvgIpc) is 2.19. The number of ether oxygens (including phenoxy) is 1. The van der Waals surface area contributed by atoms with Crippen LogP contribution in [0.25, 0.3) is 0 Å². The maximum atomic E-state index is 5.24. The zero-order valence-corrected chi connectivity index (χ0v) is 8.91. The molecule has 1 rings (SSSR count). The van der Waals surface area contributed by atoms with Crippen molar-refractivity contribution in [1.82, 2.24) is 0 Å². The molecule has 1 aromatic rings. The number of methoxy groups -OCH3 is 1. The summed E-state index contributed by atoms with van der Waals surface area (Å²) in [6.07, 6.45) is 0. The van der Waals surface area contributed by atoms with Crippen LogP contribution in [-0.4, -0.2) is 13.7 Å². The standard InChI is InChI=1S/C11H17NO2/c1-8-4-5-10(6-11(8)13-3)9(2)7-14-12/h4-6,9H,7,12H2,1-3H3. The third-order valence-corrected chi connectivity index (χ3v) is 2.35. The highest BCUT2D eigenvalue weighted by atomic mass is 16.6. The van der Waals surface area contributed by atoms with Gasteiger partial charge in [-0.15, -0.1) is 0 Å². The highest BCUT2D eigenvalue weighted by Gasteiger charge is 2.07. The van der Waals surface area contributed by atoms with Crippen molar-refractivity contribution in [3.63, 3.8) is 0 Å². The fourth-order valence-electron chi connectivity index (χ4n) is 1.38. The van der Waals surface area contributed by atoms with Crippen molar-refractivity contribution in [1.29, 1.82) is 0 Å². The minimum absolute atomic E-state index is 0.287. The van der Waals surface area contributed by atoms with Gasteiger partial charge in [0.15, 0.2) is 0 Å². The van der Waals surface area contributed by atoms with Crippen molar-refractivity contribution in [2.75, 3.05) is 13.7 Å². The lowest BCUT2D eigenvalue weighted by atomic mass is 10.0. The Morgan fingerprint density at radius 3 is 2.71 bits per heavy atom. The quantitative estimate of drug-likeness (QED) is 0.747. The van der Waals surface area contributed by atoms with Gasteiger partial charge in [0.25, 0.3) is 0 Å². The number of benzene rings is 1. The van der Waals surface area contributed by atoms with E-state index in [4.69, 9.17) is 10.6 Å². The van der Waals surface area contributed by atoms with Gasteiger partial charge < -0.3 is 9.57 Å². The van der Waals surface area contributed by atoms with Gasteiger partial charge in [0, 0.05) is 5.92 Å². The summed E-state index contributed by atoms with van der Waals surface area (Å²) in [6, 6.07) is 6.14. The predicted molar refractivity (Wildman–Crippen MR) is 56.3 cm³/mol. The molecule has 0 aromatic heterocycles. The van der Waals surface area contributed by atoms with Gasteiger partial charge in [-0.2, -0.15) is 0 Å². The third kappa shape index (κ3) is 2.47. The van der Waals surface area contributed by atoms with Crippen LogP contribution in [0.1, 0.15) is 24.0 Å². The van der Waals surface area contributed by atoms with Gasteiger partial charge in [0.05, 0.1) is 13.7 Å². The van der Waals surface area contributed by atoms with Crippen LogP contribution < -0.4 is 10.6 Å². The van der Waals surface area contributed by atoms with Gasteiger partial charge in [-0.05, 0) is 24.1 Å². The lowest BCUT2D eigenvalue weighted by Crippen LogP contribution is -2.08. The van der Waals surface area contributed by atoms with E-state index in [0.29, 0.717) is 6.61 Å². The van der Waals surface area contributed by atoms with Crippen LogP contribution in [0.4, 0.5) is 0 Å². The Balaban J connectivity index is 2.88. The Hall–Kier alpha value is -1.06. The van der Waals surface area contributed by atoms with Gasteiger partial charge >= 0.3 is 0 Å². The molecule has 0 aliphatic carbocycles. The highest BCUT2D eigenvalue weighted by molar-refractivity contribution is 5.37. The molecule has 0 radical (unpaired) electrons. The molecule has 1 atom stereocenters. The summed E-state index contributed by atoms with van der Waals surface area (Å²) in [7, 11) is 1.68. The second-order valence-electron chi connectivity index (χ2n) is 3.46. The minimum atomic E-state index is 0.287. The molecule has 1 unspecified atom stereocenters. The van der Waals surface area contributed by atoms with Crippen LogP contribution >= 0.6 is 0 Å². The Morgan fingerprint density at radius 1 is 1.43 bits per heavy atom. The molecule has 0 saturated carbocycles. The largest absolute Gasteiger partial charge is 0.496 e. The average molecular weight is 195 g/mol. The van der Waals surface area contributed by atoms with Gasteiger partial charge in [0.2, 0.25) is 0 Å². The van der Waals surface area contributed by atoms with Gasteiger partial charge in [0.1, 0.15) is 5.75 Å². The normalized spacial score (nSPS) is 12.6. The van der Waals surface area contributed by atoms with Crippen molar-refractivity contribution in [3.8, 4) is 5.75 Å². The molecule has 0 saturated heterocycles. The van der Waals surface area contributed by atoms with E-state index < -0.39 is 0 Å². The number of hydrogen-bond donors (Lipinski definition) is 1. The first-order valence-electron chi connectivity index (χ1n) is 4.65. The van der Waals surface area contributed by atoms with E-state index in [9.17, 15) is 0 Å². The Morgan fingerprint density at radius 2 is 2.14 bits per heavy atom. The molecule has 78 valence electrons. The first kappa shape index (κ1) is 11.0. The molecule has 0 fully saturated rings. The molecule has 0 spiro atoms. The summed E-state index contributed by atoms with van der Waals surface area (Å²) < 4.78 is 5.24. The second kappa shape index (κ2) is 4.98. The van der Waals surface area contributed by atoms with Crippen LogP contribution in [-0.2, 0) is 4.84 Å². The lowest BCUT2D eigenvalue weighted by molar-refractivity contribution is 0.126. The van der Waals surface area contributed by atoms with E-state index in [2.05, 4.69) is 17.8 Å². The number of aryl methyl sites for hydroxylation is 1. The number of hydrogen-bond acceptors (Lipinski definition) is 3. The van der Waals surface area contributed by atoms with Crippen LogP contribution in [0.5, 0.6) is 5.75 Å². The highest BCUT2D eigenvalue weighted by Crippen LogP contribution is 2.24. The topological polar surface area (TPSA) is 44.5 Å². The van der Waals surface area contributed by atoms with Crippen LogP contribution in [0.2, 0.25) is 0 Å². The molecule has 0 amide bonds. The SMILES string of the molecule is COc1cc(C(C)CON)ccc1C. The van der Waals surface area contributed by atoms with Crippen LogP contribution in [0.15, 0.2) is 18.2 Å². The molecule has 0 aliphatic heterocycles.